The number of nitrogens with zero attached hydrogens (tertiary/aromatic N) is 2. The van der Waals surface area contributed by atoms with Gasteiger partial charge in [0, 0.05) is 18.7 Å². The molecule has 1 N–H and O–H groups in total. The van der Waals surface area contributed by atoms with Gasteiger partial charge in [0.1, 0.15) is 5.52 Å². The number of oxazole rings is 1. The minimum atomic E-state index is -0.0417. The average molecular weight is 321 g/mol. The maximum absolute atomic E-state index is 12.2. The highest BCUT2D eigenvalue weighted by Crippen LogP contribution is 2.27. The van der Waals surface area contributed by atoms with E-state index in [1.54, 1.807) is 0 Å². The van der Waals surface area contributed by atoms with E-state index in [1.807, 2.05) is 54.6 Å². The van der Waals surface area contributed by atoms with Crippen LogP contribution in [0, 0.1) is 0 Å². The van der Waals surface area contributed by atoms with Crippen LogP contribution in [0.25, 0.3) is 11.1 Å². The van der Waals surface area contributed by atoms with Gasteiger partial charge in [-0.1, -0.05) is 30.3 Å². The van der Waals surface area contributed by atoms with Crippen LogP contribution < -0.4 is 10.2 Å². The minimum Gasteiger partial charge on any atom is -0.423 e. The molecule has 1 amide bonds. The van der Waals surface area contributed by atoms with Crippen LogP contribution in [0.4, 0.5) is 6.01 Å². The lowest BCUT2D eigenvalue weighted by atomic mass is 10.2. The molecule has 0 radical (unpaired) electrons. The van der Waals surface area contributed by atoms with Crippen LogP contribution in [-0.2, 0) is 0 Å². The Kier molecular flexibility index (Phi) is 3.91. The molecule has 1 aliphatic rings. The predicted molar refractivity (Wildman–Crippen MR) is 93.2 cm³/mol. The van der Waals surface area contributed by atoms with Crippen molar-refractivity contribution < 1.29 is 9.21 Å². The highest BCUT2D eigenvalue weighted by molar-refractivity contribution is 5.94. The number of benzene rings is 2. The van der Waals surface area contributed by atoms with E-state index in [4.69, 9.17) is 4.42 Å². The molecule has 0 spiro atoms. The van der Waals surface area contributed by atoms with Gasteiger partial charge in [-0.05, 0) is 37.1 Å². The molecule has 5 heteroatoms. The van der Waals surface area contributed by atoms with Crippen molar-refractivity contribution in [1.29, 1.82) is 0 Å². The van der Waals surface area contributed by atoms with Gasteiger partial charge >= 0.3 is 0 Å². The summed E-state index contributed by atoms with van der Waals surface area (Å²) in [6, 6.07) is 17.9. The molecule has 1 saturated heterocycles. The highest BCUT2D eigenvalue weighted by Gasteiger charge is 2.28. The second-order valence-electron chi connectivity index (χ2n) is 6.03. The van der Waals surface area contributed by atoms with Gasteiger partial charge in [0.15, 0.2) is 5.58 Å². The fourth-order valence-electron chi connectivity index (χ4n) is 3.18. The van der Waals surface area contributed by atoms with E-state index in [0.717, 1.165) is 30.5 Å². The molecule has 2 aromatic carbocycles. The number of nitrogens with one attached hydrogen (secondary N) is 1. The Morgan fingerprint density at radius 2 is 1.96 bits per heavy atom. The second kappa shape index (κ2) is 6.35. The van der Waals surface area contributed by atoms with Crippen molar-refractivity contribution in [1.82, 2.24) is 10.3 Å². The Morgan fingerprint density at radius 3 is 2.79 bits per heavy atom. The maximum atomic E-state index is 12.2. The van der Waals surface area contributed by atoms with Gasteiger partial charge in [0.2, 0.25) is 0 Å². The van der Waals surface area contributed by atoms with Crippen LogP contribution >= 0.6 is 0 Å². The molecule has 0 aliphatic carbocycles. The molecule has 1 unspecified atom stereocenters. The molecule has 2 heterocycles. The van der Waals surface area contributed by atoms with Crippen LogP contribution in [0.1, 0.15) is 23.2 Å². The molecule has 0 saturated carbocycles. The lowest BCUT2D eigenvalue weighted by Gasteiger charge is -2.23. The smallest absolute Gasteiger partial charge is 0.298 e. The first-order valence-electron chi connectivity index (χ1n) is 8.27. The van der Waals surface area contributed by atoms with Crippen LogP contribution in [0.5, 0.6) is 0 Å². The molecule has 5 nitrogen and oxygen atoms in total. The van der Waals surface area contributed by atoms with E-state index >= 15 is 0 Å². The zero-order chi connectivity index (χ0) is 16.4. The predicted octanol–water partition coefficient (Wildman–Crippen LogP) is 3.23. The molecule has 4 rings (SSSR count). The second-order valence-corrected chi connectivity index (χ2v) is 6.03. The number of fused-ring (bicyclic) bond motifs is 1. The quantitative estimate of drug-likeness (QED) is 0.801. The normalized spacial score (nSPS) is 17.3. The number of para-hydroxylation sites is 2. The third-order valence-electron chi connectivity index (χ3n) is 4.44. The summed E-state index contributed by atoms with van der Waals surface area (Å²) in [5.41, 5.74) is 2.35. The summed E-state index contributed by atoms with van der Waals surface area (Å²) in [6.45, 7) is 1.49. The summed E-state index contributed by atoms with van der Waals surface area (Å²) in [7, 11) is 0. The number of anilines is 1. The first kappa shape index (κ1) is 14.8. The molecule has 1 aromatic heterocycles. The van der Waals surface area contributed by atoms with Gasteiger partial charge in [-0.25, -0.2) is 0 Å². The Balaban J connectivity index is 1.46. The average Bonchev–Trinajstić information content (AvgIpc) is 3.26. The van der Waals surface area contributed by atoms with E-state index < -0.39 is 0 Å². The summed E-state index contributed by atoms with van der Waals surface area (Å²) in [5.74, 6) is -0.0417. The zero-order valence-corrected chi connectivity index (χ0v) is 13.3. The van der Waals surface area contributed by atoms with E-state index in [1.165, 1.54) is 0 Å². The van der Waals surface area contributed by atoms with Crippen molar-refractivity contribution >= 4 is 23.0 Å². The standard InChI is InChI=1S/C19H19N3O2/c23-18(14-7-2-1-3-8-14)20-13-15-9-6-12-22(15)19-21-16-10-4-5-11-17(16)24-19/h1-5,7-8,10-11,15H,6,9,12-13H2,(H,20,23). The fraction of sp³-hybridized carbons (Fsp3) is 0.263. The van der Waals surface area contributed by atoms with Gasteiger partial charge in [-0.3, -0.25) is 4.79 Å². The third kappa shape index (κ3) is 2.85. The van der Waals surface area contributed by atoms with Gasteiger partial charge in [0.05, 0.1) is 6.04 Å². The Hall–Kier alpha value is -2.82. The minimum absolute atomic E-state index is 0.0417. The Morgan fingerprint density at radius 1 is 1.17 bits per heavy atom. The molecule has 122 valence electrons. The number of aromatic nitrogens is 1. The monoisotopic (exact) mass is 321 g/mol. The van der Waals surface area contributed by atoms with Gasteiger partial charge in [-0.2, -0.15) is 4.98 Å². The van der Waals surface area contributed by atoms with Crippen molar-refractivity contribution in [2.24, 2.45) is 0 Å². The van der Waals surface area contributed by atoms with Crippen molar-refractivity contribution in [3.63, 3.8) is 0 Å². The largest absolute Gasteiger partial charge is 0.423 e. The number of rotatable bonds is 4. The summed E-state index contributed by atoms with van der Waals surface area (Å²) >= 11 is 0. The molecule has 1 aliphatic heterocycles. The van der Waals surface area contributed by atoms with Crippen molar-refractivity contribution in [2.75, 3.05) is 18.0 Å². The van der Waals surface area contributed by atoms with E-state index in [2.05, 4.69) is 15.2 Å². The third-order valence-corrected chi connectivity index (χ3v) is 4.44. The molecular formula is C19H19N3O2. The number of carbonyl (C=O) groups is 1. The molecule has 3 aromatic rings. The first-order valence-corrected chi connectivity index (χ1v) is 8.27. The summed E-state index contributed by atoms with van der Waals surface area (Å²) < 4.78 is 5.88. The Bertz CT molecular complexity index is 811. The summed E-state index contributed by atoms with van der Waals surface area (Å²) in [5, 5.41) is 3.02. The number of hydrogen-bond acceptors (Lipinski definition) is 4. The molecule has 24 heavy (non-hydrogen) atoms. The van der Waals surface area contributed by atoms with Gasteiger partial charge < -0.3 is 14.6 Å². The van der Waals surface area contributed by atoms with Gasteiger partial charge in [0.25, 0.3) is 11.9 Å². The number of hydrogen-bond donors (Lipinski definition) is 1. The molecule has 0 bridgehead atoms. The lowest BCUT2D eigenvalue weighted by molar-refractivity contribution is 0.0951. The molecule has 1 atom stereocenters. The summed E-state index contributed by atoms with van der Waals surface area (Å²) in [4.78, 5) is 19.0. The molecule has 1 fully saturated rings. The fourth-order valence-corrected chi connectivity index (χ4v) is 3.18. The van der Waals surface area contributed by atoms with Crippen LogP contribution in [0.15, 0.2) is 59.0 Å². The van der Waals surface area contributed by atoms with Crippen molar-refractivity contribution in [3.05, 3.63) is 60.2 Å². The number of amides is 1. The topological polar surface area (TPSA) is 58.4 Å². The SMILES string of the molecule is O=C(NCC1CCCN1c1nc2ccccc2o1)c1ccccc1. The van der Waals surface area contributed by atoms with Gasteiger partial charge in [-0.15, -0.1) is 0 Å². The lowest BCUT2D eigenvalue weighted by Crippen LogP contribution is -2.40. The van der Waals surface area contributed by atoms with E-state index in [-0.39, 0.29) is 11.9 Å². The zero-order valence-electron chi connectivity index (χ0n) is 13.3. The van der Waals surface area contributed by atoms with Crippen molar-refractivity contribution in [3.8, 4) is 0 Å². The maximum Gasteiger partial charge on any atom is 0.298 e. The molecular weight excluding hydrogens is 302 g/mol. The number of carbonyl (C=O) groups excluding carboxylic acids is 1. The van der Waals surface area contributed by atoms with Crippen LogP contribution in [-0.4, -0.2) is 30.0 Å². The van der Waals surface area contributed by atoms with E-state index in [0.29, 0.717) is 18.1 Å². The van der Waals surface area contributed by atoms with Crippen molar-refractivity contribution in [2.45, 2.75) is 18.9 Å². The van der Waals surface area contributed by atoms with E-state index in [9.17, 15) is 4.79 Å². The summed E-state index contributed by atoms with van der Waals surface area (Å²) in [6.07, 6.45) is 2.10. The Labute approximate surface area is 140 Å². The first-order chi connectivity index (χ1) is 11.8. The highest BCUT2D eigenvalue weighted by atomic mass is 16.4. The van der Waals surface area contributed by atoms with Crippen LogP contribution in [0.2, 0.25) is 0 Å². The van der Waals surface area contributed by atoms with Crippen LogP contribution in [0.3, 0.4) is 0 Å².